The first-order valence-electron chi connectivity index (χ1n) is 5.33. The van der Waals surface area contributed by atoms with Crippen molar-refractivity contribution in [2.24, 2.45) is 0 Å². The van der Waals surface area contributed by atoms with Crippen LogP contribution in [0.4, 0.5) is 12.7 Å². The molecule has 0 aromatic heterocycles. The third-order valence-electron chi connectivity index (χ3n) is 2.52. The topological polar surface area (TPSA) is 80.8 Å². The van der Waals surface area contributed by atoms with E-state index in [1.165, 1.54) is 0 Å². The summed E-state index contributed by atoms with van der Waals surface area (Å²) in [7, 11) is -5.50. The van der Waals surface area contributed by atoms with Gasteiger partial charge in [-0.1, -0.05) is 3.89 Å². The maximum atomic E-state index is 13.7. The predicted octanol–water partition coefficient (Wildman–Crippen LogP) is 0.983. The van der Waals surface area contributed by atoms with Crippen molar-refractivity contribution in [3.8, 4) is 5.75 Å². The highest BCUT2D eigenvalue weighted by Gasteiger charge is 2.25. The van der Waals surface area contributed by atoms with Gasteiger partial charge in [0.15, 0.2) is 11.6 Å². The Bertz CT molecular complexity index is 741. The Balaban J connectivity index is 2.29. The summed E-state index contributed by atoms with van der Waals surface area (Å²) in [6.07, 6.45) is 1.92. The number of amides is 2. The van der Waals surface area contributed by atoms with E-state index in [9.17, 15) is 30.7 Å². The minimum atomic E-state index is -5.50. The minimum absolute atomic E-state index is 0.306. The van der Waals surface area contributed by atoms with Crippen molar-refractivity contribution >= 4 is 22.3 Å². The highest BCUT2D eigenvalue weighted by molar-refractivity contribution is 7.81. The van der Waals surface area contributed by atoms with E-state index in [2.05, 4.69) is 4.18 Å². The van der Waals surface area contributed by atoms with Gasteiger partial charge >= 0.3 is 10.5 Å². The summed E-state index contributed by atoms with van der Waals surface area (Å²) in [5.41, 5.74) is -0.401. The monoisotopic (exact) mass is 321 g/mol. The zero-order valence-electron chi connectivity index (χ0n) is 10.0. The van der Waals surface area contributed by atoms with E-state index in [-0.39, 0.29) is 0 Å². The molecular weight excluding hydrogens is 315 g/mol. The van der Waals surface area contributed by atoms with Gasteiger partial charge in [0.1, 0.15) is 5.82 Å². The lowest BCUT2D eigenvalue weighted by Crippen LogP contribution is -2.29. The van der Waals surface area contributed by atoms with Gasteiger partial charge in [0.2, 0.25) is 0 Å². The number of hydrogen-bond donors (Lipinski definition) is 0. The van der Waals surface area contributed by atoms with Crippen LogP contribution in [0.1, 0.15) is 5.56 Å². The van der Waals surface area contributed by atoms with Gasteiger partial charge in [0.05, 0.1) is 6.54 Å². The molecule has 0 saturated heterocycles. The lowest BCUT2D eigenvalue weighted by atomic mass is 10.2. The van der Waals surface area contributed by atoms with Gasteiger partial charge in [-0.2, -0.15) is 8.42 Å². The first-order valence-corrected chi connectivity index (χ1v) is 6.64. The number of carbonyl (C=O) groups excluding carboxylic acids is 2. The maximum Gasteiger partial charge on any atom is 0.488 e. The van der Waals surface area contributed by atoms with Gasteiger partial charge in [-0.25, -0.2) is 8.78 Å². The van der Waals surface area contributed by atoms with E-state index in [1.807, 2.05) is 0 Å². The summed E-state index contributed by atoms with van der Waals surface area (Å²) in [5, 5.41) is 0. The van der Waals surface area contributed by atoms with Crippen LogP contribution in [-0.4, -0.2) is 25.1 Å². The Morgan fingerprint density at radius 3 is 2.14 bits per heavy atom. The van der Waals surface area contributed by atoms with E-state index >= 15 is 0 Å². The molecule has 1 heterocycles. The van der Waals surface area contributed by atoms with E-state index in [0.717, 1.165) is 12.2 Å². The molecule has 0 aliphatic carbocycles. The zero-order valence-corrected chi connectivity index (χ0v) is 10.9. The lowest BCUT2D eigenvalue weighted by Gasteiger charge is -2.14. The number of hydrogen-bond acceptors (Lipinski definition) is 5. The van der Waals surface area contributed by atoms with Crippen molar-refractivity contribution in [3.05, 3.63) is 41.5 Å². The van der Waals surface area contributed by atoms with Crippen LogP contribution in [0, 0.1) is 11.6 Å². The van der Waals surface area contributed by atoms with Crippen LogP contribution in [0.3, 0.4) is 0 Å². The number of halogens is 3. The molecular formula is C11H6F3NO5S. The molecule has 6 nitrogen and oxygen atoms in total. The van der Waals surface area contributed by atoms with Crippen LogP contribution in [0.25, 0.3) is 0 Å². The van der Waals surface area contributed by atoms with Crippen molar-refractivity contribution in [2.45, 2.75) is 6.54 Å². The van der Waals surface area contributed by atoms with Gasteiger partial charge in [-0.3, -0.25) is 14.5 Å². The summed E-state index contributed by atoms with van der Waals surface area (Å²) >= 11 is 0. The normalized spacial score (nSPS) is 14.9. The molecule has 21 heavy (non-hydrogen) atoms. The van der Waals surface area contributed by atoms with Crippen molar-refractivity contribution in [3.63, 3.8) is 0 Å². The standard InChI is InChI=1S/C11H6F3NO5S/c12-7-4-9(20-21(14,18)19)8(13)3-6(7)5-15-10(16)1-2-11(15)17/h1-4H,5H2. The van der Waals surface area contributed by atoms with Gasteiger partial charge < -0.3 is 4.18 Å². The fraction of sp³-hybridized carbons (Fsp3) is 0.0909. The highest BCUT2D eigenvalue weighted by atomic mass is 32.3. The second kappa shape index (κ2) is 5.20. The van der Waals surface area contributed by atoms with Crippen LogP contribution >= 0.6 is 0 Å². The number of nitrogens with zero attached hydrogens (tertiary/aromatic N) is 1. The zero-order chi connectivity index (χ0) is 15.8. The van der Waals surface area contributed by atoms with Gasteiger partial charge in [-0.15, -0.1) is 0 Å². The average molecular weight is 321 g/mol. The van der Waals surface area contributed by atoms with Crippen LogP contribution in [0.2, 0.25) is 0 Å². The molecule has 0 radical (unpaired) electrons. The number of benzene rings is 1. The molecule has 0 spiro atoms. The van der Waals surface area contributed by atoms with Crippen molar-refractivity contribution in [1.29, 1.82) is 0 Å². The summed E-state index contributed by atoms with van der Waals surface area (Å²) < 4.78 is 63.5. The molecule has 112 valence electrons. The smallest absolute Gasteiger partial charge is 0.355 e. The van der Waals surface area contributed by atoms with E-state index in [0.29, 0.717) is 17.0 Å². The molecule has 0 N–H and O–H groups in total. The van der Waals surface area contributed by atoms with Gasteiger partial charge in [0, 0.05) is 23.8 Å². The third kappa shape index (κ3) is 3.40. The summed E-state index contributed by atoms with van der Waals surface area (Å²) in [4.78, 5) is 23.2. The molecule has 1 aliphatic rings. The third-order valence-corrected chi connectivity index (χ3v) is 2.90. The SMILES string of the molecule is O=C1C=CC(=O)N1Cc1cc(F)c(OS(=O)(=O)F)cc1F. The molecule has 2 rings (SSSR count). The Kier molecular flexibility index (Phi) is 3.73. The van der Waals surface area contributed by atoms with Crippen LogP contribution < -0.4 is 4.18 Å². The predicted molar refractivity (Wildman–Crippen MR) is 61.7 cm³/mol. The largest absolute Gasteiger partial charge is 0.488 e. The first-order chi connectivity index (χ1) is 9.67. The van der Waals surface area contributed by atoms with Crippen molar-refractivity contribution in [1.82, 2.24) is 4.90 Å². The lowest BCUT2D eigenvalue weighted by molar-refractivity contribution is -0.137. The minimum Gasteiger partial charge on any atom is -0.355 e. The number of imide groups is 1. The Morgan fingerprint density at radius 2 is 1.62 bits per heavy atom. The maximum absolute atomic E-state index is 13.7. The Morgan fingerprint density at radius 1 is 1.05 bits per heavy atom. The quantitative estimate of drug-likeness (QED) is 0.610. The molecule has 0 atom stereocenters. The summed E-state index contributed by atoms with van der Waals surface area (Å²) in [5.74, 6) is -5.10. The molecule has 0 fully saturated rings. The van der Waals surface area contributed by atoms with Crippen molar-refractivity contribution < 1.29 is 34.9 Å². The molecule has 1 aliphatic heterocycles. The molecule has 0 saturated carbocycles. The molecule has 1 aromatic carbocycles. The fourth-order valence-electron chi connectivity index (χ4n) is 1.62. The number of carbonyl (C=O) groups is 2. The van der Waals surface area contributed by atoms with Crippen LogP contribution in [0.15, 0.2) is 24.3 Å². The highest BCUT2D eigenvalue weighted by Crippen LogP contribution is 2.25. The first kappa shape index (κ1) is 15.0. The van der Waals surface area contributed by atoms with Gasteiger partial charge in [0.25, 0.3) is 11.8 Å². The summed E-state index contributed by atoms with van der Waals surface area (Å²) in [6, 6.07) is 0.814. The molecule has 1 aromatic rings. The Hall–Kier alpha value is -2.36. The molecule has 2 amide bonds. The van der Waals surface area contributed by atoms with Gasteiger partial charge in [-0.05, 0) is 6.07 Å². The van der Waals surface area contributed by atoms with Crippen molar-refractivity contribution in [2.75, 3.05) is 0 Å². The summed E-state index contributed by atoms with van der Waals surface area (Å²) in [6.45, 7) is -0.559. The van der Waals surface area contributed by atoms with Crippen LogP contribution in [0.5, 0.6) is 5.75 Å². The van der Waals surface area contributed by atoms with E-state index in [4.69, 9.17) is 0 Å². The Labute approximate surface area is 116 Å². The second-order valence-corrected chi connectivity index (χ2v) is 4.90. The van der Waals surface area contributed by atoms with E-state index in [1.54, 1.807) is 0 Å². The molecule has 0 bridgehead atoms. The fourth-order valence-corrected chi connectivity index (χ4v) is 1.96. The van der Waals surface area contributed by atoms with E-state index < -0.39 is 51.8 Å². The van der Waals surface area contributed by atoms with Crippen LogP contribution in [-0.2, 0) is 26.6 Å². The average Bonchev–Trinajstić information content (AvgIpc) is 2.65. The molecule has 10 heteroatoms. The second-order valence-electron chi connectivity index (χ2n) is 3.95. The number of rotatable bonds is 4. The molecule has 0 unspecified atom stereocenters.